The van der Waals surface area contributed by atoms with Gasteiger partial charge in [0.25, 0.3) is 0 Å². The molecule has 176 valence electrons. The maximum Gasteiger partial charge on any atom is 0.407 e. The van der Waals surface area contributed by atoms with Gasteiger partial charge in [-0.05, 0) is 35.1 Å². The average Bonchev–Trinajstić information content (AvgIpc) is 3.13. The van der Waals surface area contributed by atoms with Gasteiger partial charge in [-0.2, -0.15) is 0 Å². The summed E-state index contributed by atoms with van der Waals surface area (Å²) in [5.74, 6) is -0.750. The molecule has 8 heteroatoms. The molecule has 0 saturated carbocycles. The van der Waals surface area contributed by atoms with E-state index in [-0.39, 0.29) is 25.0 Å². The van der Waals surface area contributed by atoms with Crippen LogP contribution >= 0.6 is 0 Å². The van der Waals surface area contributed by atoms with Gasteiger partial charge >= 0.3 is 18.2 Å². The Balaban J connectivity index is 1.48. The molecular weight excluding hydrogens is 424 g/mol. The molecule has 0 radical (unpaired) electrons. The van der Waals surface area contributed by atoms with E-state index in [2.05, 4.69) is 39.6 Å². The van der Waals surface area contributed by atoms with Crippen LogP contribution in [0.4, 0.5) is 9.59 Å². The molecule has 0 heterocycles. The molecule has 0 spiro atoms. The van der Waals surface area contributed by atoms with Crippen molar-refractivity contribution >= 4 is 18.2 Å². The smallest absolute Gasteiger partial charge is 0.407 e. The lowest BCUT2D eigenvalue weighted by Gasteiger charge is -2.20. The lowest BCUT2D eigenvalue weighted by molar-refractivity contribution is -0.144. The van der Waals surface area contributed by atoms with Gasteiger partial charge in [0.1, 0.15) is 19.3 Å². The Labute approximate surface area is 193 Å². The van der Waals surface area contributed by atoms with Crippen LogP contribution in [0.5, 0.6) is 0 Å². The van der Waals surface area contributed by atoms with Gasteiger partial charge in [0.05, 0.1) is 13.2 Å². The second kappa shape index (κ2) is 10.8. The van der Waals surface area contributed by atoms with Crippen molar-refractivity contribution in [2.45, 2.75) is 38.8 Å². The highest BCUT2D eigenvalue weighted by Crippen LogP contribution is 2.44. The number of hydrogen-bond donors (Lipinski definition) is 2. The Hall–Kier alpha value is -3.55. The quantitative estimate of drug-likeness (QED) is 0.464. The zero-order valence-electron chi connectivity index (χ0n) is 19.3. The Morgan fingerprint density at radius 2 is 1.39 bits per heavy atom. The number of amides is 2. The molecule has 0 aliphatic heterocycles. The molecule has 0 bridgehead atoms. The molecule has 1 aliphatic carbocycles. The second-order valence-corrected chi connectivity index (χ2v) is 8.36. The van der Waals surface area contributed by atoms with Crippen molar-refractivity contribution in [1.82, 2.24) is 10.6 Å². The fourth-order valence-corrected chi connectivity index (χ4v) is 3.88. The molecule has 2 aromatic carbocycles. The Morgan fingerprint density at radius 1 is 0.848 bits per heavy atom. The molecule has 2 N–H and O–H groups in total. The molecule has 2 amide bonds. The number of fused-ring (bicyclic) bond motifs is 3. The van der Waals surface area contributed by atoms with E-state index in [1.54, 1.807) is 20.8 Å². The number of rotatable bonds is 8. The SMILES string of the molecule is COC(=O)[C@@H](NC(=O)OC[C@H](C)NC(=O)OCC1c2ccccc2-c2ccccc21)C(C)C. The van der Waals surface area contributed by atoms with Crippen molar-refractivity contribution in [1.29, 1.82) is 0 Å². The third-order valence-electron chi connectivity index (χ3n) is 5.57. The number of methoxy groups -OCH3 is 1. The third kappa shape index (κ3) is 5.83. The molecule has 2 aromatic rings. The topological polar surface area (TPSA) is 103 Å². The highest BCUT2D eigenvalue weighted by Gasteiger charge is 2.29. The number of benzene rings is 2. The number of nitrogens with one attached hydrogen (secondary N) is 2. The van der Waals surface area contributed by atoms with E-state index >= 15 is 0 Å². The summed E-state index contributed by atoms with van der Waals surface area (Å²) < 4.78 is 15.3. The molecule has 0 fully saturated rings. The fourth-order valence-electron chi connectivity index (χ4n) is 3.88. The van der Waals surface area contributed by atoms with Crippen LogP contribution in [0.2, 0.25) is 0 Å². The Kier molecular flexibility index (Phi) is 7.92. The summed E-state index contributed by atoms with van der Waals surface area (Å²) >= 11 is 0. The number of ether oxygens (including phenoxy) is 3. The van der Waals surface area contributed by atoms with E-state index in [9.17, 15) is 14.4 Å². The van der Waals surface area contributed by atoms with E-state index in [1.807, 2.05) is 24.3 Å². The van der Waals surface area contributed by atoms with Gasteiger partial charge in [0.2, 0.25) is 0 Å². The van der Waals surface area contributed by atoms with Crippen molar-refractivity contribution in [3.05, 3.63) is 59.7 Å². The maximum absolute atomic E-state index is 12.3. The highest BCUT2D eigenvalue weighted by atomic mass is 16.6. The zero-order chi connectivity index (χ0) is 24.0. The predicted octanol–water partition coefficient (Wildman–Crippen LogP) is 3.84. The van der Waals surface area contributed by atoms with Gasteiger partial charge in [0.15, 0.2) is 0 Å². The predicted molar refractivity (Wildman–Crippen MR) is 123 cm³/mol. The first kappa shape index (κ1) is 24.1. The summed E-state index contributed by atoms with van der Waals surface area (Å²) in [6, 6.07) is 14.9. The minimum Gasteiger partial charge on any atom is -0.467 e. The summed E-state index contributed by atoms with van der Waals surface area (Å²) in [5.41, 5.74) is 4.57. The summed E-state index contributed by atoms with van der Waals surface area (Å²) in [5, 5.41) is 5.14. The summed E-state index contributed by atoms with van der Waals surface area (Å²) in [7, 11) is 1.26. The molecule has 0 aromatic heterocycles. The average molecular weight is 455 g/mol. The van der Waals surface area contributed by atoms with Gasteiger partial charge in [-0.15, -0.1) is 0 Å². The monoisotopic (exact) mass is 454 g/mol. The van der Waals surface area contributed by atoms with E-state index < -0.39 is 30.2 Å². The van der Waals surface area contributed by atoms with Crippen LogP contribution < -0.4 is 10.6 Å². The van der Waals surface area contributed by atoms with Crippen LogP contribution in [-0.2, 0) is 19.0 Å². The first-order valence-electron chi connectivity index (χ1n) is 10.9. The number of carbonyl (C=O) groups is 3. The number of hydrogen-bond acceptors (Lipinski definition) is 6. The maximum atomic E-state index is 12.3. The van der Waals surface area contributed by atoms with Gasteiger partial charge in [-0.1, -0.05) is 62.4 Å². The van der Waals surface area contributed by atoms with Crippen LogP contribution in [0.25, 0.3) is 11.1 Å². The minimum atomic E-state index is -0.812. The van der Waals surface area contributed by atoms with E-state index in [4.69, 9.17) is 9.47 Å². The zero-order valence-corrected chi connectivity index (χ0v) is 19.3. The number of alkyl carbamates (subject to hydrolysis) is 2. The third-order valence-corrected chi connectivity index (χ3v) is 5.57. The van der Waals surface area contributed by atoms with Crippen LogP contribution in [0.1, 0.15) is 37.8 Å². The standard InChI is InChI=1S/C25H30N2O6/c1-15(2)22(23(28)31-4)27-25(30)32-13-16(3)26-24(29)33-14-21-19-11-7-5-9-17(19)18-10-6-8-12-20(18)21/h5-12,15-16,21-22H,13-14H2,1-4H3,(H,26,29)(H,27,30)/t16-,22-/m0/s1. The first-order chi connectivity index (χ1) is 15.8. The van der Waals surface area contributed by atoms with Gasteiger partial charge < -0.3 is 24.8 Å². The summed E-state index contributed by atoms with van der Waals surface area (Å²) in [6.45, 7) is 5.37. The van der Waals surface area contributed by atoms with Crippen molar-refractivity contribution in [3.8, 4) is 11.1 Å². The van der Waals surface area contributed by atoms with Crippen molar-refractivity contribution in [3.63, 3.8) is 0 Å². The normalized spacial score (nSPS) is 14.0. The lowest BCUT2D eigenvalue weighted by Crippen LogP contribution is -2.46. The number of esters is 1. The molecule has 1 aliphatic rings. The Morgan fingerprint density at radius 3 is 1.94 bits per heavy atom. The van der Waals surface area contributed by atoms with E-state index in [0.29, 0.717) is 0 Å². The molecule has 0 unspecified atom stereocenters. The molecule has 3 rings (SSSR count). The van der Waals surface area contributed by atoms with Crippen LogP contribution in [0.3, 0.4) is 0 Å². The van der Waals surface area contributed by atoms with Gasteiger partial charge in [0, 0.05) is 5.92 Å². The van der Waals surface area contributed by atoms with Gasteiger partial charge in [-0.3, -0.25) is 0 Å². The molecular formula is C25H30N2O6. The van der Waals surface area contributed by atoms with Crippen molar-refractivity contribution in [2.75, 3.05) is 20.3 Å². The van der Waals surface area contributed by atoms with E-state index in [0.717, 1.165) is 22.3 Å². The van der Waals surface area contributed by atoms with Gasteiger partial charge in [-0.25, -0.2) is 14.4 Å². The number of carbonyl (C=O) groups excluding carboxylic acids is 3. The largest absolute Gasteiger partial charge is 0.467 e. The van der Waals surface area contributed by atoms with Crippen LogP contribution in [-0.4, -0.2) is 50.6 Å². The Bertz CT molecular complexity index is 960. The fraction of sp³-hybridized carbons (Fsp3) is 0.400. The summed E-state index contributed by atoms with van der Waals surface area (Å²) in [6.07, 6.45) is -1.36. The highest BCUT2D eigenvalue weighted by molar-refractivity contribution is 5.81. The molecule has 2 atom stereocenters. The molecule has 33 heavy (non-hydrogen) atoms. The van der Waals surface area contributed by atoms with E-state index in [1.165, 1.54) is 7.11 Å². The van der Waals surface area contributed by atoms with Crippen LogP contribution in [0, 0.1) is 5.92 Å². The minimum absolute atomic E-state index is 0.0354. The molecule has 0 saturated heterocycles. The molecule has 8 nitrogen and oxygen atoms in total. The van der Waals surface area contributed by atoms with Crippen molar-refractivity contribution < 1.29 is 28.6 Å². The first-order valence-corrected chi connectivity index (χ1v) is 10.9. The van der Waals surface area contributed by atoms with Crippen molar-refractivity contribution in [2.24, 2.45) is 5.92 Å². The summed E-state index contributed by atoms with van der Waals surface area (Å²) in [4.78, 5) is 36.1. The lowest BCUT2D eigenvalue weighted by atomic mass is 9.98. The second-order valence-electron chi connectivity index (χ2n) is 8.36. The van der Waals surface area contributed by atoms with Crippen LogP contribution in [0.15, 0.2) is 48.5 Å².